The first-order chi connectivity index (χ1) is 5.36. The lowest BCUT2D eigenvalue weighted by molar-refractivity contribution is 0.753. The molecule has 1 atom stereocenters. The van der Waals surface area contributed by atoms with Gasteiger partial charge in [-0.15, -0.1) is 11.3 Å². The van der Waals surface area contributed by atoms with Crippen LogP contribution in [0, 0.1) is 6.92 Å². The first-order valence-electron chi connectivity index (χ1n) is 3.99. The Hall–Kier alpha value is -0.410. The summed E-state index contributed by atoms with van der Waals surface area (Å²) in [7, 11) is 0. The molecule has 1 aliphatic rings. The van der Waals surface area contributed by atoms with Gasteiger partial charge in [0.05, 0.1) is 5.01 Å². The highest BCUT2D eigenvalue weighted by Gasteiger charge is 2.18. The third kappa shape index (κ3) is 1.44. The Morgan fingerprint density at radius 2 is 2.64 bits per heavy atom. The summed E-state index contributed by atoms with van der Waals surface area (Å²) >= 11 is 1.80. The molecule has 0 aliphatic carbocycles. The molecular formula is C8H12N2S. The van der Waals surface area contributed by atoms with Crippen LogP contribution in [-0.4, -0.2) is 18.1 Å². The second kappa shape index (κ2) is 2.91. The Morgan fingerprint density at radius 1 is 1.73 bits per heavy atom. The van der Waals surface area contributed by atoms with Crippen LogP contribution in [0.25, 0.3) is 0 Å². The summed E-state index contributed by atoms with van der Waals surface area (Å²) in [5.41, 5.74) is 1.16. The number of nitrogens with one attached hydrogen (secondary N) is 1. The average Bonchev–Trinajstić information content (AvgIpc) is 2.55. The van der Waals surface area contributed by atoms with Crippen LogP contribution >= 0.6 is 11.3 Å². The molecule has 0 saturated carbocycles. The molecule has 1 aromatic heterocycles. The van der Waals surface area contributed by atoms with E-state index >= 15 is 0 Å². The second-order valence-electron chi connectivity index (χ2n) is 3.02. The van der Waals surface area contributed by atoms with E-state index in [1.165, 1.54) is 11.4 Å². The van der Waals surface area contributed by atoms with Crippen LogP contribution in [0.5, 0.6) is 0 Å². The summed E-state index contributed by atoms with van der Waals surface area (Å²) in [6.07, 6.45) is 1.26. The highest BCUT2D eigenvalue weighted by Crippen LogP contribution is 2.24. The molecule has 1 saturated heterocycles. The third-order valence-corrected chi connectivity index (χ3v) is 3.17. The minimum absolute atomic E-state index is 0.689. The molecule has 0 bridgehead atoms. The van der Waals surface area contributed by atoms with Gasteiger partial charge in [-0.05, 0) is 19.9 Å². The van der Waals surface area contributed by atoms with Crippen LogP contribution in [0.1, 0.15) is 23.0 Å². The van der Waals surface area contributed by atoms with Crippen molar-refractivity contribution in [3.05, 3.63) is 16.1 Å². The third-order valence-electron chi connectivity index (χ3n) is 2.05. The van der Waals surface area contributed by atoms with Crippen LogP contribution in [0.4, 0.5) is 0 Å². The molecule has 0 aromatic carbocycles. The number of nitrogens with zero attached hydrogens (tertiary/aromatic N) is 1. The number of aryl methyl sites for hydroxylation is 1. The van der Waals surface area contributed by atoms with Gasteiger partial charge in [0.1, 0.15) is 0 Å². The molecule has 0 spiro atoms. The highest BCUT2D eigenvalue weighted by atomic mass is 32.1. The molecular weight excluding hydrogens is 156 g/mol. The zero-order valence-electron chi connectivity index (χ0n) is 6.63. The Balaban J connectivity index is 2.15. The smallest absolute Gasteiger partial charge is 0.0972 e. The fourth-order valence-electron chi connectivity index (χ4n) is 1.43. The van der Waals surface area contributed by atoms with Gasteiger partial charge in [0.2, 0.25) is 0 Å². The highest BCUT2D eigenvalue weighted by molar-refractivity contribution is 7.09. The van der Waals surface area contributed by atoms with Crippen LogP contribution in [0.3, 0.4) is 0 Å². The zero-order chi connectivity index (χ0) is 7.68. The molecule has 1 unspecified atom stereocenters. The fraction of sp³-hybridized carbons (Fsp3) is 0.625. The van der Waals surface area contributed by atoms with Gasteiger partial charge in [0.15, 0.2) is 0 Å². The first kappa shape index (κ1) is 7.25. The van der Waals surface area contributed by atoms with E-state index in [0.717, 1.165) is 18.8 Å². The molecule has 2 nitrogen and oxygen atoms in total. The number of hydrogen-bond acceptors (Lipinski definition) is 3. The monoisotopic (exact) mass is 168 g/mol. The molecule has 3 heteroatoms. The lowest BCUT2D eigenvalue weighted by atomic mass is 10.1. The number of hydrogen-bond donors (Lipinski definition) is 1. The predicted molar refractivity (Wildman–Crippen MR) is 47.1 cm³/mol. The molecule has 1 aliphatic heterocycles. The van der Waals surface area contributed by atoms with E-state index in [9.17, 15) is 0 Å². The van der Waals surface area contributed by atoms with E-state index in [-0.39, 0.29) is 0 Å². The van der Waals surface area contributed by atoms with Gasteiger partial charge in [0, 0.05) is 23.5 Å². The Morgan fingerprint density at radius 3 is 3.18 bits per heavy atom. The number of aromatic nitrogens is 1. The fourth-order valence-corrected chi connectivity index (χ4v) is 2.36. The largest absolute Gasteiger partial charge is 0.316 e. The number of thiazole rings is 1. The summed E-state index contributed by atoms with van der Waals surface area (Å²) in [6.45, 7) is 4.33. The zero-order valence-corrected chi connectivity index (χ0v) is 7.45. The van der Waals surface area contributed by atoms with Crippen molar-refractivity contribution in [1.82, 2.24) is 10.3 Å². The van der Waals surface area contributed by atoms with Crippen LogP contribution in [-0.2, 0) is 0 Å². The van der Waals surface area contributed by atoms with E-state index in [2.05, 4.69) is 22.6 Å². The maximum atomic E-state index is 4.47. The quantitative estimate of drug-likeness (QED) is 0.688. The van der Waals surface area contributed by atoms with Gasteiger partial charge in [-0.25, -0.2) is 4.98 Å². The van der Waals surface area contributed by atoms with Crippen molar-refractivity contribution < 1.29 is 0 Å². The maximum absolute atomic E-state index is 4.47. The lowest BCUT2D eigenvalue weighted by Crippen LogP contribution is -2.07. The minimum Gasteiger partial charge on any atom is -0.316 e. The Kier molecular flexibility index (Phi) is 1.92. The molecule has 1 N–H and O–H groups in total. The summed E-state index contributed by atoms with van der Waals surface area (Å²) in [5.74, 6) is 0.689. The molecule has 2 rings (SSSR count). The molecule has 1 fully saturated rings. The van der Waals surface area contributed by atoms with Gasteiger partial charge >= 0.3 is 0 Å². The van der Waals surface area contributed by atoms with E-state index < -0.39 is 0 Å². The van der Waals surface area contributed by atoms with Gasteiger partial charge in [-0.2, -0.15) is 0 Å². The van der Waals surface area contributed by atoms with Crippen molar-refractivity contribution in [3.63, 3.8) is 0 Å². The standard InChI is InChI=1S/C8H12N2S/c1-6-5-11-8(10-6)7-2-3-9-4-7/h5,7,9H,2-4H2,1H3. The van der Waals surface area contributed by atoms with Crippen molar-refractivity contribution in [2.24, 2.45) is 0 Å². The van der Waals surface area contributed by atoms with Crippen molar-refractivity contribution in [1.29, 1.82) is 0 Å². The summed E-state index contributed by atoms with van der Waals surface area (Å²) in [4.78, 5) is 4.47. The average molecular weight is 168 g/mol. The Bertz CT molecular complexity index is 238. The maximum Gasteiger partial charge on any atom is 0.0972 e. The van der Waals surface area contributed by atoms with Gasteiger partial charge < -0.3 is 5.32 Å². The Labute approximate surface area is 70.7 Å². The van der Waals surface area contributed by atoms with Crippen molar-refractivity contribution in [2.45, 2.75) is 19.3 Å². The van der Waals surface area contributed by atoms with E-state index in [4.69, 9.17) is 0 Å². The molecule has 0 amide bonds. The lowest BCUT2D eigenvalue weighted by Gasteiger charge is -2.00. The van der Waals surface area contributed by atoms with Crippen molar-refractivity contribution in [3.8, 4) is 0 Å². The summed E-state index contributed by atoms with van der Waals surface area (Å²) in [5, 5.41) is 6.79. The first-order valence-corrected chi connectivity index (χ1v) is 4.87. The van der Waals surface area contributed by atoms with E-state index in [1.807, 2.05) is 0 Å². The molecule has 0 radical (unpaired) electrons. The van der Waals surface area contributed by atoms with Crippen molar-refractivity contribution >= 4 is 11.3 Å². The topological polar surface area (TPSA) is 24.9 Å². The number of rotatable bonds is 1. The van der Waals surface area contributed by atoms with E-state index in [0.29, 0.717) is 5.92 Å². The summed E-state index contributed by atoms with van der Waals surface area (Å²) in [6, 6.07) is 0. The predicted octanol–water partition coefficient (Wildman–Crippen LogP) is 1.53. The van der Waals surface area contributed by atoms with Gasteiger partial charge in [-0.3, -0.25) is 0 Å². The minimum atomic E-state index is 0.689. The summed E-state index contributed by atoms with van der Waals surface area (Å²) < 4.78 is 0. The van der Waals surface area contributed by atoms with Crippen LogP contribution < -0.4 is 5.32 Å². The van der Waals surface area contributed by atoms with Crippen LogP contribution in [0.15, 0.2) is 5.38 Å². The molecule has 1 aromatic rings. The van der Waals surface area contributed by atoms with Crippen molar-refractivity contribution in [2.75, 3.05) is 13.1 Å². The van der Waals surface area contributed by atoms with Crippen LogP contribution in [0.2, 0.25) is 0 Å². The van der Waals surface area contributed by atoms with Gasteiger partial charge in [0.25, 0.3) is 0 Å². The molecule has 60 valence electrons. The molecule has 11 heavy (non-hydrogen) atoms. The van der Waals surface area contributed by atoms with Gasteiger partial charge in [-0.1, -0.05) is 0 Å². The second-order valence-corrected chi connectivity index (χ2v) is 3.91. The molecule has 2 heterocycles. The van der Waals surface area contributed by atoms with E-state index in [1.54, 1.807) is 11.3 Å². The normalized spacial score (nSPS) is 24.3. The SMILES string of the molecule is Cc1csc(C2CCNC2)n1.